The zero-order chi connectivity index (χ0) is 15.1. The molecule has 6 heteroatoms. The highest BCUT2D eigenvalue weighted by Crippen LogP contribution is 2.20. The minimum absolute atomic E-state index is 0.0265. The van der Waals surface area contributed by atoms with Crippen LogP contribution >= 0.6 is 11.6 Å². The Bertz CT molecular complexity index is 491. The van der Waals surface area contributed by atoms with E-state index in [2.05, 4.69) is 10.6 Å². The molecule has 110 valence electrons. The number of hydrogen-bond donors (Lipinski definition) is 2. The Hall–Kier alpha value is -1.75. The van der Waals surface area contributed by atoms with Crippen molar-refractivity contribution in [3.8, 4) is 0 Å². The summed E-state index contributed by atoms with van der Waals surface area (Å²) in [5.41, 5.74) is 1.14. The largest absolute Gasteiger partial charge is 0.385 e. The van der Waals surface area contributed by atoms with E-state index in [1.54, 1.807) is 30.1 Å². The molecule has 0 aliphatic carbocycles. The summed E-state index contributed by atoms with van der Waals surface area (Å²) >= 11 is 5.91. The van der Waals surface area contributed by atoms with Gasteiger partial charge in [0, 0.05) is 30.8 Å². The number of carbonyl (C=O) groups excluding carboxylic acids is 2. The third-order valence-electron chi connectivity index (χ3n) is 2.89. The number of rotatable bonds is 6. The normalized spacial score (nSPS) is 10.0. The average Bonchev–Trinajstić information content (AvgIpc) is 2.45. The molecule has 0 fully saturated rings. The first-order chi connectivity index (χ1) is 9.49. The molecular formula is C14H20ClN3O2. The Balaban J connectivity index is 2.76. The second-order valence-corrected chi connectivity index (χ2v) is 4.75. The third-order valence-corrected chi connectivity index (χ3v) is 3.13. The van der Waals surface area contributed by atoms with Gasteiger partial charge in [-0.2, -0.15) is 0 Å². The molecule has 0 saturated heterocycles. The quantitative estimate of drug-likeness (QED) is 0.844. The Morgan fingerprint density at radius 1 is 1.30 bits per heavy atom. The molecule has 0 aromatic heterocycles. The van der Waals surface area contributed by atoms with Gasteiger partial charge in [-0.15, -0.1) is 0 Å². The molecule has 0 heterocycles. The van der Waals surface area contributed by atoms with Crippen LogP contribution in [0.4, 0.5) is 5.69 Å². The molecule has 2 N–H and O–H groups in total. The molecule has 0 unspecified atom stereocenters. The number of likely N-dealkylation sites (N-methyl/N-ethyl adjacent to an activating group) is 1. The van der Waals surface area contributed by atoms with Crippen LogP contribution in [0.2, 0.25) is 5.02 Å². The molecule has 0 aliphatic rings. The summed E-state index contributed by atoms with van der Waals surface area (Å²) in [5.74, 6) is -0.450. The van der Waals surface area contributed by atoms with Crippen LogP contribution in [0, 0.1) is 0 Å². The number of benzene rings is 1. The van der Waals surface area contributed by atoms with E-state index in [9.17, 15) is 9.59 Å². The second-order valence-electron chi connectivity index (χ2n) is 4.31. The molecule has 2 amide bonds. The van der Waals surface area contributed by atoms with Gasteiger partial charge < -0.3 is 15.5 Å². The molecule has 0 radical (unpaired) electrons. The van der Waals surface area contributed by atoms with Crippen LogP contribution in [-0.2, 0) is 4.79 Å². The molecule has 20 heavy (non-hydrogen) atoms. The highest BCUT2D eigenvalue weighted by Gasteiger charge is 2.14. The molecular weight excluding hydrogens is 278 g/mol. The van der Waals surface area contributed by atoms with Crippen molar-refractivity contribution in [3.63, 3.8) is 0 Å². The lowest BCUT2D eigenvalue weighted by Crippen LogP contribution is -2.38. The van der Waals surface area contributed by atoms with E-state index in [4.69, 9.17) is 11.6 Å². The van der Waals surface area contributed by atoms with Gasteiger partial charge in [-0.05, 0) is 32.0 Å². The van der Waals surface area contributed by atoms with E-state index < -0.39 is 0 Å². The smallest absolute Gasteiger partial charge is 0.253 e. The summed E-state index contributed by atoms with van der Waals surface area (Å²) in [7, 11) is 1.69. The van der Waals surface area contributed by atoms with Crippen molar-refractivity contribution in [3.05, 3.63) is 28.8 Å². The van der Waals surface area contributed by atoms with Crippen molar-refractivity contribution in [2.75, 3.05) is 32.0 Å². The molecule has 0 aliphatic heterocycles. The standard InChI is InChI=1S/C14H20ClN3O2/c1-4-16-12-7-6-10(15)8-11(12)14(20)17-9-13(19)18(3)5-2/h6-8,16H,4-5,9H2,1-3H3,(H,17,20). The van der Waals surface area contributed by atoms with Crippen molar-refractivity contribution in [2.45, 2.75) is 13.8 Å². The fourth-order valence-corrected chi connectivity index (χ4v) is 1.78. The van der Waals surface area contributed by atoms with Crippen molar-refractivity contribution in [1.82, 2.24) is 10.2 Å². The Morgan fingerprint density at radius 2 is 2.00 bits per heavy atom. The summed E-state index contributed by atoms with van der Waals surface area (Å²) in [6, 6.07) is 5.05. The number of carbonyl (C=O) groups is 2. The van der Waals surface area contributed by atoms with Crippen LogP contribution < -0.4 is 10.6 Å². The van der Waals surface area contributed by atoms with Gasteiger partial charge in [0.1, 0.15) is 0 Å². The Labute approximate surface area is 124 Å². The van der Waals surface area contributed by atoms with Gasteiger partial charge >= 0.3 is 0 Å². The maximum atomic E-state index is 12.1. The number of nitrogens with one attached hydrogen (secondary N) is 2. The second kappa shape index (κ2) is 7.75. The van der Waals surface area contributed by atoms with Crippen LogP contribution in [-0.4, -0.2) is 43.4 Å². The maximum absolute atomic E-state index is 12.1. The number of nitrogens with zero attached hydrogens (tertiary/aromatic N) is 1. The van der Waals surface area contributed by atoms with E-state index in [-0.39, 0.29) is 18.4 Å². The molecule has 1 aromatic carbocycles. The molecule has 1 aromatic rings. The molecule has 0 bridgehead atoms. The SMILES string of the molecule is CCNc1ccc(Cl)cc1C(=O)NCC(=O)N(C)CC. The number of halogens is 1. The van der Waals surface area contributed by atoms with Gasteiger partial charge in [-0.1, -0.05) is 11.6 Å². The van der Waals surface area contributed by atoms with Crippen LogP contribution in [0.25, 0.3) is 0 Å². The van der Waals surface area contributed by atoms with Crippen LogP contribution in [0.1, 0.15) is 24.2 Å². The molecule has 0 atom stereocenters. The predicted octanol–water partition coefficient (Wildman–Crippen LogP) is 1.98. The average molecular weight is 298 g/mol. The summed E-state index contributed by atoms with van der Waals surface area (Å²) in [6.45, 7) is 5.09. The Kier molecular flexibility index (Phi) is 6.31. The number of amides is 2. The first-order valence-corrected chi connectivity index (χ1v) is 6.93. The van der Waals surface area contributed by atoms with E-state index in [1.165, 1.54) is 0 Å². The van der Waals surface area contributed by atoms with E-state index in [0.717, 1.165) is 0 Å². The molecule has 0 spiro atoms. The molecule has 0 saturated carbocycles. The first kappa shape index (κ1) is 16.3. The monoisotopic (exact) mass is 297 g/mol. The van der Waals surface area contributed by atoms with E-state index in [0.29, 0.717) is 29.4 Å². The van der Waals surface area contributed by atoms with Gasteiger partial charge in [0.2, 0.25) is 5.91 Å². The van der Waals surface area contributed by atoms with Crippen LogP contribution in [0.5, 0.6) is 0 Å². The summed E-state index contributed by atoms with van der Waals surface area (Å²) in [6.07, 6.45) is 0. The topological polar surface area (TPSA) is 61.4 Å². The lowest BCUT2D eigenvalue weighted by molar-refractivity contribution is -0.128. The van der Waals surface area contributed by atoms with Crippen molar-refractivity contribution >= 4 is 29.1 Å². The predicted molar refractivity (Wildman–Crippen MR) is 81.3 cm³/mol. The van der Waals surface area contributed by atoms with Gasteiger partial charge in [-0.3, -0.25) is 9.59 Å². The third kappa shape index (κ3) is 4.42. The fraction of sp³-hybridized carbons (Fsp3) is 0.429. The van der Waals surface area contributed by atoms with Crippen molar-refractivity contribution in [2.24, 2.45) is 0 Å². The first-order valence-electron chi connectivity index (χ1n) is 6.55. The number of anilines is 1. The molecule has 5 nitrogen and oxygen atoms in total. The summed E-state index contributed by atoms with van der Waals surface area (Å²) in [4.78, 5) is 25.3. The maximum Gasteiger partial charge on any atom is 0.253 e. The van der Waals surface area contributed by atoms with Gasteiger partial charge in [0.15, 0.2) is 0 Å². The zero-order valence-corrected chi connectivity index (χ0v) is 12.8. The van der Waals surface area contributed by atoms with Gasteiger partial charge in [0.05, 0.1) is 12.1 Å². The van der Waals surface area contributed by atoms with Crippen LogP contribution in [0.15, 0.2) is 18.2 Å². The molecule has 1 rings (SSSR count). The number of hydrogen-bond acceptors (Lipinski definition) is 3. The van der Waals surface area contributed by atoms with Gasteiger partial charge in [0.25, 0.3) is 5.91 Å². The lowest BCUT2D eigenvalue weighted by Gasteiger charge is -2.15. The highest BCUT2D eigenvalue weighted by molar-refractivity contribution is 6.31. The summed E-state index contributed by atoms with van der Waals surface area (Å²) in [5, 5.41) is 6.18. The van der Waals surface area contributed by atoms with Crippen LogP contribution in [0.3, 0.4) is 0 Å². The van der Waals surface area contributed by atoms with Crippen molar-refractivity contribution in [1.29, 1.82) is 0 Å². The van der Waals surface area contributed by atoms with E-state index in [1.807, 2.05) is 13.8 Å². The Morgan fingerprint density at radius 3 is 2.60 bits per heavy atom. The fourth-order valence-electron chi connectivity index (χ4n) is 1.61. The highest BCUT2D eigenvalue weighted by atomic mass is 35.5. The zero-order valence-electron chi connectivity index (χ0n) is 12.0. The van der Waals surface area contributed by atoms with Crippen molar-refractivity contribution < 1.29 is 9.59 Å². The summed E-state index contributed by atoms with van der Waals surface area (Å²) < 4.78 is 0. The minimum Gasteiger partial charge on any atom is -0.385 e. The lowest BCUT2D eigenvalue weighted by atomic mass is 10.1. The van der Waals surface area contributed by atoms with E-state index >= 15 is 0 Å². The van der Waals surface area contributed by atoms with Gasteiger partial charge in [-0.25, -0.2) is 0 Å². The minimum atomic E-state index is -0.318.